The Balaban J connectivity index is 2.78. The number of aliphatic hydroxyl groups excluding tert-OH is 1. The minimum Gasteiger partial charge on any atom is -0.467 e. The van der Waals surface area contributed by atoms with Crippen LogP contribution in [0.2, 0.25) is 0 Å². The summed E-state index contributed by atoms with van der Waals surface area (Å²) in [4.78, 5) is 14.9. The van der Waals surface area contributed by atoms with E-state index in [4.69, 9.17) is 0 Å². The smallest absolute Gasteiger partial charge is 0.336 e. The Hall–Kier alpha value is -1.45. The monoisotopic (exact) mass is 291 g/mol. The van der Waals surface area contributed by atoms with Crippen molar-refractivity contribution in [1.82, 2.24) is 14.3 Å². The SMILES string of the molecule is CCn1cc(S(=O)(=O)NCC(O)C(=O)OC)nc1C. The molecule has 1 heterocycles. The van der Waals surface area contributed by atoms with Gasteiger partial charge in [0.25, 0.3) is 10.0 Å². The molecule has 0 fully saturated rings. The molecule has 0 radical (unpaired) electrons. The Morgan fingerprint density at radius 1 is 1.63 bits per heavy atom. The number of hydrogen-bond donors (Lipinski definition) is 2. The molecule has 0 bridgehead atoms. The second-order valence-electron chi connectivity index (χ2n) is 3.80. The van der Waals surface area contributed by atoms with Crippen molar-refractivity contribution < 1.29 is 23.1 Å². The van der Waals surface area contributed by atoms with Crippen LogP contribution < -0.4 is 4.72 Å². The molecule has 1 rings (SSSR count). The van der Waals surface area contributed by atoms with Crippen LogP contribution in [-0.4, -0.2) is 48.8 Å². The highest BCUT2D eigenvalue weighted by atomic mass is 32.2. The number of esters is 1. The van der Waals surface area contributed by atoms with E-state index >= 15 is 0 Å². The maximum absolute atomic E-state index is 11.9. The van der Waals surface area contributed by atoms with Crippen molar-refractivity contribution in [2.24, 2.45) is 0 Å². The van der Waals surface area contributed by atoms with Crippen molar-refractivity contribution in [3.63, 3.8) is 0 Å². The number of nitrogens with zero attached hydrogens (tertiary/aromatic N) is 2. The molecule has 1 aromatic rings. The number of methoxy groups -OCH3 is 1. The molecule has 0 saturated heterocycles. The fourth-order valence-electron chi connectivity index (χ4n) is 1.41. The lowest BCUT2D eigenvalue weighted by Crippen LogP contribution is -2.37. The average Bonchev–Trinajstić information content (AvgIpc) is 2.77. The Bertz CT molecular complexity index is 552. The van der Waals surface area contributed by atoms with Crippen molar-refractivity contribution in [1.29, 1.82) is 0 Å². The number of carbonyl (C=O) groups is 1. The zero-order chi connectivity index (χ0) is 14.6. The van der Waals surface area contributed by atoms with Gasteiger partial charge in [-0.15, -0.1) is 0 Å². The standard InChI is InChI=1S/C10H17N3O5S/c1-4-13-6-9(12-7(13)2)19(16,17)11-5-8(14)10(15)18-3/h6,8,11,14H,4-5H2,1-3H3. The van der Waals surface area contributed by atoms with E-state index in [1.165, 1.54) is 6.20 Å². The number of nitrogens with one attached hydrogen (secondary N) is 1. The van der Waals surface area contributed by atoms with Gasteiger partial charge in [0, 0.05) is 19.3 Å². The lowest BCUT2D eigenvalue weighted by atomic mass is 10.4. The fraction of sp³-hybridized carbons (Fsp3) is 0.600. The number of aliphatic hydroxyl groups is 1. The third-order valence-electron chi connectivity index (χ3n) is 2.51. The molecule has 19 heavy (non-hydrogen) atoms. The van der Waals surface area contributed by atoms with E-state index in [1.54, 1.807) is 11.5 Å². The number of sulfonamides is 1. The highest BCUT2D eigenvalue weighted by molar-refractivity contribution is 7.89. The molecule has 108 valence electrons. The van der Waals surface area contributed by atoms with Crippen LogP contribution in [-0.2, 0) is 26.1 Å². The quantitative estimate of drug-likeness (QED) is 0.652. The molecule has 0 aliphatic heterocycles. The second kappa shape index (κ2) is 6.13. The topological polar surface area (TPSA) is 111 Å². The summed E-state index contributed by atoms with van der Waals surface area (Å²) in [6.07, 6.45) is -0.156. The average molecular weight is 291 g/mol. The van der Waals surface area contributed by atoms with Gasteiger partial charge in [-0.3, -0.25) is 0 Å². The number of aryl methyl sites for hydroxylation is 2. The first kappa shape index (κ1) is 15.6. The van der Waals surface area contributed by atoms with E-state index in [1.807, 2.05) is 6.92 Å². The molecule has 9 heteroatoms. The summed E-state index contributed by atoms with van der Waals surface area (Å²) in [5.41, 5.74) is 0. The first-order valence-corrected chi connectivity index (χ1v) is 7.09. The number of hydrogen-bond acceptors (Lipinski definition) is 6. The molecular formula is C10H17N3O5S. The van der Waals surface area contributed by atoms with Crippen molar-refractivity contribution in [3.05, 3.63) is 12.0 Å². The number of ether oxygens (including phenoxy) is 1. The van der Waals surface area contributed by atoms with Gasteiger partial charge >= 0.3 is 5.97 Å². The molecule has 0 aromatic carbocycles. The first-order chi connectivity index (χ1) is 8.81. The van der Waals surface area contributed by atoms with Crippen molar-refractivity contribution >= 4 is 16.0 Å². The second-order valence-corrected chi connectivity index (χ2v) is 5.52. The Kier molecular flexibility index (Phi) is 5.04. The Morgan fingerprint density at radius 3 is 2.74 bits per heavy atom. The van der Waals surface area contributed by atoms with Gasteiger partial charge in [-0.05, 0) is 13.8 Å². The number of carbonyl (C=O) groups excluding carboxylic acids is 1. The largest absolute Gasteiger partial charge is 0.467 e. The lowest BCUT2D eigenvalue weighted by Gasteiger charge is -2.08. The molecule has 1 atom stereocenters. The van der Waals surface area contributed by atoms with Gasteiger partial charge in [-0.25, -0.2) is 22.9 Å². The molecular weight excluding hydrogens is 274 g/mol. The maximum atomic E-state index is 11.9. The van der Waals surface area contributed by atoms with E-state index in [0.29, 0.717) is 12.4 Å². The molecule has 0 saturated carbocycles. The van der Waals surface area contributed by atoms with E-state index in [2.05, 4.69) is 14.4 Å². The van der Waals surface area contributed by atoms with Gasteiger partial charge in [0.15, 0.2) is 11.1 Å². The normalized spacial score (nSPS) is 13.3. The third-order valence-corrected chi connectivity index (χ3v) is 3.80. The summed E-state index contributed by atoms with van der Waals surface area (Å²) < 4.78 is 31.8. The van der Waals surface area contributed by atoms with Gasteiger partial charge < -0.3 is 14.4 Å². The highest BCUT2D eigenvalue weighted by Crippen LogP contribution is 2.08. The first-order valence-electron chi connectivity index (χ1n) is 5.61. The summed E-state index contributed by atoms with van der Waals surface area (Å²) >= 11 is 0. The van der Waals surface area contributed by atoms with Crippen molar-refractivity contribution in [2.75, 3.05) is 13.7 Å². The molecule has 1 aromatic heterocycles. The number of imidazole rings is 1. The van der Waals surface area contributed by atoms with Gasteiger partial charge in [-0.1, -0.05) is 0 Å². The van der Waals surface area contributed by atoms with Crippen LogP contribution in [0.3, 0.4) is 0 Å². The van der Waals surface area contributed by atoms with Crippen molar-refractivity contribution in [3.8, 4) is 0 Å². The van der Waals surface area contributed by atoms with E-state index in [-0.39, 0.29) is 5.03 Å². The van der Waals surface area contributed by atoms with Crippen LogP contribution >= 0.6 is 0 Å². The number of aromatic nitrogens is 2. The summed E-state index contributed by atoms with van der Waals surface area (Å²) in [6.45, 7) is 3.68. The highest BCUT2D eigenvalue weighted by Gasteiger charge is 2.22. The summed E-state index contributed by atoms with van der Waals surface area (Å²) in [5, 5.41) is 9.16. The van der Waals surface area contributed by atoms with Crippen molar-refractivity contribution in [2.45, 2.75) is 31.5 Å². The van der Waals surface area contributed by atoms with Gasteiger partial charge in [0.2, 0.25) is 0 Å². The fourth-order valence-corrected chi connectivity index (χ4v) is 2.45. The minimum absolute atomic E-state index is 0.149. The maximum Gasteiger partial charge on any atom is 0.336 e. The number of rotatable bonds is 6. The molecule has 0 aliphatic rings. The minimum atomic E-state index is -3.86. The predicted molar refractivity (Wildman–Crippen MR) is 65.8 cm³/mol. The molecule has 0 aliphatic carbocycles. The molecule has 0 spiro atoms. The van der Waals surface area contributed by atoms with Crippen LogP contribution in [0.1, 0.15) is 12.7 Å². The Labute approximate surface area is 111 Å². The van der Waals surface area contributed by atoms with Crippen LogP contribution in [0.25, 0.3) is 0 Å². The van der Waals surface area contributed by atoms with Crippen LogP contribution in [0.15, 0.2) is 11.2 Å². The predicted octanol–water partition coefficient (Wildman–Crippen LogP) is -0.976. The zero-order valence-corrected chi connectivity index (χ0v) is 11.8. The molecule has 8 nitrogen and oxygen atoms in total. The summed E-state index contributed by atoms with van der Waals surface area (Å²) in [7, 11) is -2.76. The van der Waals surface area contributed by atoms with Gasteiger partial charge in [0.1, 0.15) is 5.82 Å². The molecule has 0 amide bonds. The van der Waals surface area contributed by atoms with E-state index < -0.39 is 28.6 Å². The van der Waals surface area contributed by atoms with Gasteiger partial charge in [0.05, 0.1) is 7.11 Å². The van der Waals surface area contributed by atoms with Crippen LogP contribution in [0, 0.1) is 6.92 Å². The molecule has 1 unspecified atom stereocenters. The van der Waals surface area contributed by atoms with E-state index in [9.17, 15) is 18.3 Å². The molecule has 2 N–H and O–H groups in total. The van der Waals surface area contributed by atoms with E-state index in [0.717, 1.165) is 7.11 Å². The lowest BCUT2D eigenvalue weighted by molar-refractivity contribution is -0.149. The summed E-state index contributed by atoms with van der Waals surface area (Å²) in [5.74, 6) is -0.339. The summed E-state index contributed by atoms with van der Waals surface area (Å²) in [6, 6.07) is 0. The van der Waals surface area contributed by atoms with Crippen LogP contribution in [0.5, 0.6) is 0 Å². The van der Waals surface area contributed by atoms with Gasteiger partial charge in [-0.2, -0.15) is 0 Å². The third kappa shape index (κ3) is 3.75. The zero-order valence-electron chi connectivity index (χ0n) is 11.0. The van der Waals surface area contributed by atoms with Crippen LogP contribution in [0.4, 0.5) is 0 Å². The Morgan fingerprint density at radius 2 is 2.26 bits per heavy atom.